The summed E-state index contributed by atoms with van der Waals surface area (Å²) in [5, 5.41) is 0. The van der Waals surface area contributed by atoms with E-state index in [9.17, 15) is 28.8 Å². The molecule has 0 atom stereocenters. The highest BCUT2D eigenvalue weighted by atomic mass is 32.2. The topological polar surface area (TPSA) is 145 Å². The molecule has 0 N–H and O–H groups in total. The summed E-state index contributed by atoms with van der Waals surface area (Å²) in [5.74, 6) is 3.45. The lowest BCUT2D eigenvalue weighted by atomic mass is 10.3. The fourth-order valence-electron chi connectivity index (χ4n) is 4.36. The van der Waals surface area contributed by atoms with Crippen LogP contribution in [0.15, 0.2) is 14.4 Å². The van der Waals surface area contributed by atoms with Gasteiger partial charge in [0.15, 0.2) is 0 Å². The minimum atomic E-state index is -0.900. The molecule has 48 heavy (non-hydrogen) atoms. The van der Waals surface area contributed by atoms with Gasteiger partial charge in [-0.15, -0.1) is 0 Å². The first-order valence-electron chi connectivity index (χ1n) is 17.4. The fourth-order valence-corrected chi connectivity index (χ4v) is 7.13. The second-order valence-corrected chi connectivity index (χ2v) is 14.8. The van der Waals surface area contributed by atoms with Crippen LogP contribution in [0.3, 0.4) is 0 Å². The molecule has 0 bridgehead atoms. The molecule has 0 saturated carbocycles. The molecule has 0 spiro atoms. The predicted molar refractivity (Wildman–Crippen MR) is 196 cm³/mol. The van der Waals surface area contributed by atoms with Gasteiger partial charge in [-0.2, -0.15) is 35.3 Å². The van der Waals surface area contributed by atoms with E-state index < -0.39 is 35.0 Å². The van der Waals surface area contributed by atoms with Crippen LogP contribution >= 0.6 is 35.3 Å². The first-order chi connectivity index (χ1) is 23.3. The molecule has 0 aliphatic carbocycles. The molecule has 0 aliphatic heterocycles. The number of nitrogens with zero attached hydrogens (tertiary/aromatic N) is 3. The van der Waals surface area contributed by atoms with Crippen molar-refractivity contribution in [1.82, 2.24) is 13.7 Å². The summed E-state index contributed by atoms with van der Waals surface area (Å²) in [6.07, 6.45) is 10.7. The van der Waals surface area contributed by atoms with E-state index in [0.717, 1.165) is 88.7 Å². The lowest BCUT2D eigenvalue weighted by molar-refractivity contribution is -0.144. The third-order valence-corrected chi connectivity index (χ3v) is 10.4. The molecule has 1 aromatic heterocycles. The molecule has 12 nitrogen and oxygen atoms in total. The van der Waals surface area contributed by atoms with Crippen LogP contribution in [0.2, 0.25) is 0 Å². The summed E-state index contributed by atoms with van der Waals surface area (Å²) in [6, 6.07) is 0. The average molecular weight is 736 g/mol. The van der Waals surface area contributed by atoms with Gasteiger partial charge in [0.25, 0.3) is 0 Å². The number of rotatable bonds is 30. The standard InChI is InChI=1S/C33H57N3O9S3/c1-4-7-10-22-46-25-13-28(37)43-19-16-34-31(40)35(17-20-44-29(38)14-26-47-23-11-8-5-2)33(42)36(32(34)41)18-21-45-30(39)15-27-48-24-12-9-6-3/h4-27H2,1-3H3. The molecule has 0 aliphatic rings. The zero-order valence-electron chi connectivity index (χ0n) is 29.2. The number of ether oxygens (including phenoxy) is 3. The number of hydrogen-bond acceptors (Lipinski definition) is 12. The second kappa shape index (κ2) is 28.7. The van der Waals surface area contributed by atoms with E-state index >= 15 is 0 Å². The Morgan fingerprint density at radius 3 is 0.979 bits per heavy atom. The van der Waals surface area contributed by atoms with Crippen molar-refractivity contribution in [3.05, 3.63) is 31.5 Å². The summed E-state index contributed by atoms with van der Waals surface area (Å²) >= 11 is 5.03. The molecule has 15 heteroatoms. The number of carbonyl (C=O) groups is 3. The molecule has 0 radical (unpaired) electrons. The lowest BCUT2D eigenvalue weighted by Crippen LogP contribution is -2.55. The van der Waals surface area contributed by atoms with E-state index in [-0.39, 0.29) is 58.7 Å². The summed E-state index contributed by atoms with van der Waals surface area (Å²) in [5.41, 5.74) is -2.70. The molecule has 0 saturated heterocycles. The molecule has 1 aromatic rings. The largest absolute Gasteiger partial charge is 0.464 e. The van der Waals surface area contributed by atoms with Crippen molar-refractivity contribution in [3.8, 4) is 0 Å². The van der Waals surface area contributed by atoms with Crippen LogP contribution in [0.1, 0.15) is 97.8 Å². The summed E-state index contributed by atoms with van der Waals surface area (Å²) in [7, 11) is 0. The Balaban J connectivity index is 2.85. The molecule has 0 aromatic carbocycles. The summed E-state index contributed by atoms with van der Waals surface area (Å²) in [4.78, 5) is 76.4. The Bertz CT molecular complexity index is 1060. The number of hydrogen-bond donors (Lipinski definition) is 0. The predicted octanol–water partition coefficient (Wildman–Crippen LogP) is 4.74. The van der Waals surface area contributed by atoms with Crippen molar-refractivity contribution in [2.75, 3.05) is 54.3 Å². The number of carbonyl (C=O) groups excluding carboxylic acids is 3. The second-order valence-electron chi connectivity index (χ2n) is 11.2. The molecule has 1 rings (SSSR count). The lowest BCUT2D eigenvalue weighted by Gasteiger charge is -2.14. The van der Waals surface area contributed by atoms with Crippen molar-refractivity contribution in [3.63, 3.8) is 0 Å². The Hall–Kier alpha value is -2.13. The van der Waals surface area contributed by atoms with Crippen molar-refractivity contribution >= 4 is 53.2 Å². The maximum Gasteiger partial charge on any atom is 0.336 e. The average Bonchev–Trinajstić information content (AvgIpc) is 3.07. The van der Waals surface area contributed by atoms with Gasteiger partial charge < -0.3 is 14.2 Å². The van der Waals surface area contributed by atoms with Gasteiger partial charge in [0, 0.05) is 17.3 Å². The maximum absolute atomic E-state index is 13.2. The molecular weight excluding hydrogens is 679 g/mol. The first-order valence-corrected chi connectivity index (χ1v) is 20.9. The van der Waals surface area contributed by atoms with Crippen molar-refractivity contribution < 1.29 is 28.6 Å². The van der Waals surface area contributed by atoms with Gasteiger partial charge in [-0.05, 0) is 36.5 Å². The van der Waals surface area contributed by atoms with E-state index in [0.29, 0.717) is 17.3 Å². The number of thioether (sulfide) groups is 3. The Labute approximate surface area is 297 Å². The number of aromatic nitrogens is 3. The van der Waals surface area contributed by atoms with E-state index in [1.165, 1.54) is 0 Å². The molecule has 0 fully saturated rings. The van der Waals surface area contributed by atoms with Crippen LogP contribution in [0.25, 0.3) is 0 Å². The zero-order chi connectivity index (χ0) is 35.4. The third kappa shape index (κ3) is 19.8. The third-order valence-electron chi connectivity index (χ3n) is 7.15. The fraction of sp³-hybridized carbons (Fsp3) is 0.818. The minimum Gasteiger partial charge on any atom is -0.464 e. The van der Waals surface area contributed by atoms with Gasteiger partial charge in [-0.3, -0.25) is 14.4 Å². The van der Waals surface area contributed by atoms with Crippen LogP contribution in [0, 0.1) is 0 Å². The Morgan fingerprint density at radius 2 is 0.729 bits per heavy atom. The van der Waals surface area contributed by atoms with Gasteiger partial charge in [-0.1, -0.05) is 59.3 Å². The molecule has 276 valence electrons. The Kier molecular flexibility index (Phi) is 26.2. The van der Waals surface area contributed by atoms with Crippen molar-refractivity contribution in [2.24, 2.45) is 0 Å². The van der Waals surface area contributed by atoms with E-state index in [1.54, 1.807) is 35.3 Å². The SMILES string of the molecule is CCCCCSCCC(=O)OCCn1c(=O)n(CCOC(=O)CCSCCCCC)c(=O)n(CCOC(=O)CCSCCCCC)c1=O. The quantitative estimate of drug-likeness (QED) is 0.0611. The highest BCUT2D eigenvalue weighted by Gasteiger charge is 2.17. The van der Waals surface area contributed by atoms with Gasteiger partial charge in [-0.25, -0.2) is 28.1 Å². The van der Waals surface area contributed by atoms with Gasteiger partial charge in [0.05, 0.1) is 38.9 Å². The highest BCUT2D eigenvalue weighted by molar-refractivity contribution is 7.99. The van der Waals surface area contributed by atoms with Crippen molar-refractivity contribution in [2.45, 2.75) is 117 Å². The molecule has 0 amide bonds. The molecular formula is C33H57N3O9S3. The maximum atomic E-state index is 13.2. The number of esters is 3. The first kappa shape index (κ1) is 43.9. The van der Waals surface area contributed by atoms with Crippen LogP contribution in [-0.2, 0) is 48.2 Å². The van der Waals surface area contributed by atoms with E-state index in [2.05, 4.69) is 20.8 Å². The summed E-state index contributed by atoms with van der Waals surface area (Å²) in [6.45, 7) is 4.89. The molecule has 0 unspecified atom stereocenters. The summed E-state index contributed by atoms with van der Waals surface area (Å²) < 4.78 is 18.2. The highest BCUT2D eigenvalue weighted by Crippen LogP contribution is 2.10. The monoisotopic (exact) mass is 735 g/mol. The minimum absolute atomic E-state index is 0.209. The smallest absolute Gasteiger partial charge is 0.336 e. The van der Waals surface area contributed by atoms with E-state index in [4.69, 9.17) is 14.2 Å². The van der Waals surface area contributed by atoms with Gasteiger partial charge >= 0.3 is 35.0 Å². The van der Waals surface area contributed by atoms with Crippen LogP contribution in [0.5, 0.6) is 0 Å². The van der Waals surface area contributed by atoms with Crippen LogP contribution < -0.4 is 17.1 Å². The Morgan fingerprint density at radius 1 is 0.458 bits per heavy atom. The van der Waals surface area contributed by atoms with E-state index in [1.807, 2.05) is 0 Å². The zero-order valence-corrected chi connectivity index (χ0v) is 31.7. The van der Waals surface area contributed by atoms with Crippen LogP contribution in [0.4, 0.5) is 0 Å². The number of unbranched alkanes of at least 4 members (excludes halogenated alkanes) is 6. The van der Waals surface area contributed by atoms with Crippen molar-refractivity contribution in [1.29, 1.82) is 0 Å². The van der Waals surface area contributed by atoms with Gasteiger partial charge in [0.1, 0.15) is 19.8 Å². The van der Waals surface area contributed by atoms with Crippen LogP contribution in [-0.4, -0.2) is 85.9 Å². The normalized spacial score (nSPS) is 11.1. The van der Waals surface area contributed by atoms with Gasteiger partial charge in [0.2, 0.25) is 0 Å². The molecule has 1 heterocycles.